The number of esters is 3. The van der Waals surface area contributed by atoms with Crippen LogP contribution in [0.3, 0.4) is 0 Å². The predicted octanol–water partition coefficient (Wildman–Crippen LogP) is 3.63. The van der Waals surface area contributed by atoms with Crippen LogP contribution in [0.25, 0.3) is 11.3 Å². The van der Waals surface area contributed by atoms with Gasteiger partial charge in [-0.05, 0) is 24.3 Å². The van der Waals surface area contributed by atoms with E-state index in [1.165, 1.54) is 43.1 Å². The average Bonchev–Trinajstić information content (AvgIpc) is 3.40. The van der Waals surface area contributed by atoms with Crippen molar-refractivity contribution in [2.75, 3.05) is 6.61 Å². The fraction of sp³-hybridized carbons (Fsp3) is 0.346. The topological polar surface area (TPSA) is 156 Å². The quantitative estimate of drug-likeness (QED) is 0.266. The molecule has 0 bridgehead atoms. The maximum atomic E-state index is 13.9. The molecule has 3 aromatic rings. The zero-order valence-electron chi connectivity index (χ0n) is 22.2. The zero-order chi connectivity index (χ0) is 30.6. The molecule has 220 valence electrons. The summed E-state index contributed by atoms with van der Waals surface area (Å²) in [6.45, 7) is 3.15. The van der Waals surface area contributed by atoms with Crippen LogP contribution in [0.5, 0.6) is 0 Å². The molecule has 1 aromatic carbocycles. The monoisotopic (exact) mass is 621 g/mol. The molecule has 2 unspecified atom stereocenters. The van der Waals surface area contributed by atoms with Gasteiger partial charge in [-0.3, -0.25) is 14.4 Å². The summed E-state index contributed by atoms with van der Waals surface area (Å²) in [6.07, 6.45) is -0.788. The molecule has 5 atom stereocenters. The van der Waals surface area contributed by atoms with Crippen LogP contribution in [0.15, 0.2) is 41.6 Å². The lowest BCUT2D eigenvalue weighted by atomic mass is 9.96. The summed E-state index contributed by atoms with van der Waals surface area (Å²) in [7, 11) is 0. The van der Waals surface area contributed by atoms with E-state index in [2.05, 4.69) is 15.3 Å². The minimum absolute atomic E-state index is 0.00461. The Labute approximate surface area is 246 Å². The van der Waals surface area contributed by atoms with Crippen LogP contribution < -0.4 is 0 Å². The fourth-order valence-corrected chi connectivity index (χ4v) is 5.58. The number of hydrogen-bond acceptors (Lipinski definition) is 12. The maximum Gasteiger partial charge on any atom is 0.303 e. The van der Waals surface area contributed by atoms with E-state index in [4.69, 9.17) is 35.8 Å². The third kappa shape index (κ3) is 7.19. The highest BCUT2D eigenvalue weighted by atomic mass is 35.5. The number of benzene rings is 1. The van der Waals surface area contributed by atoms with E-state index in [0.717, 1.165) is 30.8 Å². The number of hydrogen-bond donors (Lipinski definition) is 0. The van der Waals surface area contributed by atoms with Gasteiger partial charge in [-0.15, -0.1) is 5.10 Å². The standard InChI is InChI=1S/C26H22ClF2N5O7S/c1-12(35)38-11-22-24(39-13(2)36)23(34-10-21(32-33-34)15-4-5-18(28)19(29)6-15)25(40-14(3)37)26(41-22)42-16-7-17(27)20(8-30)31-9-16/h4-7,9-10,22-26H,11H2,1-3H3/t22?,23-,24-,25?,26+/m0/s1. The van der Waals surface area contributed by atoms with Crippen LogP contribution in [0.4, 0.5) is 8.78 Å². The van der Waals surface area contributed by atoms with Crippen LogP contribution in [0, 0.1) is 23.0 Å². The summed E-state index contributed by atoms with van der Waals surface area (Å²) in [4.78, 5) is 40.6. The van der Waals surface area contributed by atoms with Gasteiger partial charge in [0, 0.05) is 37.4 Å². The molecule has 2 aromatic heterocycles. The van der Waals surface area contributed by atoms with E-state index < -0.39 is 59.3 Å². The molecule has 0 saturated carbocycles. The van der Waals surface area contributed by atoms with E-state index in [1.54, 1.807) is 0 Å². The summed E-state index contributed by atoms with van der Waals surface area (Å²) in [6, 6.07) is 5.38. The van der Waals surface area contributed by atoms with Gasteiger partial charge in [0.1, 0.15) is 36.0 Å². The highest BCUT2D eigenvalue weighted by molar-refractivity contribution is 7.99. The van der Waals surface area contributed by atoms with Gasteiger partial charge in [0.2, 0.25) is 0 Å². The van der Waals surface area contributed by atoms with Crippen molar-refractivity contribution in [1.29, 1.82) is 5.26 Å². The molecule has 4 rings (SSSR count). The molecule has 0 N–H and O–H groups in total. The van der Waals surface area contributed by atoms with Crippen molar-refractivity contribution in [3.63, 3.8) is 0 Å². The number of pyridine rings is 1. The number of carbonyl (C=O) groups excluding carboxylic acids is 3. The second-order valence-electron chi connectivity index (χ2n) is 8.93. The van der Waals surface area contributed by atoms with Gasteiger partial charge in [-0.1, -0.05) is 28.6 Å². The molecule has 0 radical (unpaired) electrons. The summed E-state index contributed by atoms with van der Waals surface area (Å²) in [5.41, 5.74) is -0.726. The molecule has 0 aliphatic carbocycles. The summed E-state index contributed by atoms with van der Waals surface area (Å²) >= 11 is 7.18. The van der Waals surface area contributed by atoms with Crippen LogP contribution in [0.2, 0.25) is 5.02 Å². The highest BCUT2D eigenvalue weighted by Crippen LogP contribution is 2.42. The van der Waals surface area contributed by atoms with E-state index in [0.29, 0.717) is 4.90 Å². The lowest BCUT2D eigenvalue weighted by Gasteiger charge is -2.44. The fourth-order valence-electron chi connectivity index (χ4n) is 4.19. The third-order valence-corrected chi connectivity index (χ3v) is 7.27. The predicted molar refractivity (Wildman–Crippen MR) is 141 cm³/mol. The number of aromatic nitrogens is 4. The molecule has 3 heterocycles. The van der Waals surface area contributed by atoms with Crippen LogP contribution in [-0.4, -0.2) is 68.2 Å². The number of thioether (sulfide) groups is 1. The molecular formula is C26H22ClF2N5O7S. The number of halogens is 3. The van der Waals surface area contributed by atoms with E-state index >= 15 is 0 Å². The normalized spacial score (nSPS) is 21.7. The first-order chi connectivity index (χ1) is 20.0. The third-order valence-electron chi connectivity index (χ3n) is 5.88. The van der Waals surface area contributed by atoms with Crippen molar-refractivity contribution in [3.8, 4) is 17.3 Å². The first-order valence-corrected chi connectivity index (χ1v) is 13.5. The number of rotatable bonds is 8. The number of ether oxygens (including phenoxy) is 4. The molecule has 0 spiro atoms. The second kappa shape index (κ2) is 13.2. The number of nitriles is 1. The van der Waals surface area contributed by atoms with Crippen molar-refractivity contribution in [1.82, 2.24) is 20.0 Å². The zero-order valence-corrected chi connectivity index (χ0v) is 23.8. The lowest BCUT2D eigenvalue weighted by molar-refractivity contribution is -0.212. The minimum Gasteiger partial charge on any atom is -0.463 e. The molecule has 12 nitrogen and oxygen atoms in total. The first-order valence-electron chi connectivity index (χ1n) is 12.2. The van der Waals surface area contributed by atoms with Gasteiger partial charge in [0.15, 0.2) is 29.5 Å². The lowest BCUT2D eigenvalue weighted by Crippen LogP contribution is -2.57. The van der Waals surface area contributed by atoms with Crippen molar-refractivity contribution in [2.24, 2.45) is 0 Å². The molecule has 0 amide bonds. The summed E-state index contributed by atoms with van der Waals surface area (Å²) in [5, 5.41) is 17.4. The summed E-state index contributed by atoms with van der Waals surface area (Å²) < 4.78 is 51.3. The van der Waals surface area contributed by atoms with Crippen LogP contribution in [0.1, 0.15) is 32.5 Å². The SMILES string of the molecule is CC(=O)OCC1O[C@H](Sc2cnc(C#N)c(Cl)c2)C(OC(C)=O)[C@@H](n2cc(-c3ccc(F)c(F)c3)nn2)[C@H]1OC(C)=O. The molecular weight excluding hydrogens is 600 g/mol. The Morgan fingerprint density at radius 2 is 1.81 bits per heavy atom. The van der Waals surface area contributed by atoms with Crippen molar-refractivity contribution in [2.45, 2.75) is 55.5 Å². The van der Waals surface area contributed by atoms with Gasteiger partial charge in [-0.25, -0.2) is 18.4 Å². The Bertz CT molecular complexity index is 1550. The minimum atomic E-state index is -1.23. The van der Waals surface area contributed by atoms with Crippen LogP contribution >= 0.6 is 23.4 Å². The largest absolute Gasteiger partial charge is 0.463 e. The van der Waals surface area contributed by atoms with Crippen molar-refractivity contribution < 1.29 is 42.1 Å². The molecule has 1 aliphatic heterocycles. The molecule has 1 saturated heterocycles. The van der Waals surface area contributed by atoms with Gasteiger partial charge in [0.05, 0.1) is 11.2 Å². The van der Waals surface area contributed by atoms with Crippen LogP contribution in [-0.2, 0) is 33.3 Å². The number of carbonyl (C=O) groups is 3. The van der Waals surface area contributed by atoms with Gasteiger partial charge >= 0.3 is 17.9 Å². The highest BCUT2D eigenvalue weighted by Gasteiger charge is 2.52. The molecule has 42 heavy (non-hydrogen) atoms. The molecule has 1 fully saturated rings. The Morgan fingerprint density at radius 1 is 1.10 bits per heavy atom. The Kier molecular flexibility index (Phi) is 9.71. The van der Waals surface area contributed by atoms with E-state index in [9.17, 15) is 23.2 Å². The Morgan fingerprint density at radius 3 is 2.43 bits per heavy atom. The van der Waals surface area contributed by atoms with Gasteiger partial charge in [0.25, 0.3) is 0 Å². The second-order valence-corrected chi connectivity index (χ2v) is 10.5. The smallest absolute Gasteiger partial charge is 0.303 e. The first kappa shape index (κ1) is 30.8. The Hall–Kier alpha value is -4.13. The van der Waals surface area contributed by atoms with E-state index in [1.807, 2.05) is 6.07 Å². The Balaban J connectivity index is 1.81. The van der Waals surface area contributed by atoms with Crippen molar-refractivity contribution >= 4 is 41.3 Å². The van der Waals surface area contributed by atoms with Gasteiger partial charge < -0.3 is 18.9 Å². The maximum absolute atomic E-state index is 13.9. The summed E-state index contributed by atoms with van der Waals surface area (Å²) in [5.74, 6) is -4.22. The molecule has 1 aliphatic rings. The van der Waals surface area contributed by atoms with E-state index in [-0.39, 0.29) is 28.6 Å². The van der Waals surface area contributed by atoms with Gasteiger partial charge in [-0.2, -0.15) is 5.26 Å². The van der Waals surface area contributed by atoms with Crippen molar-refractivity contribution in [3.05, 3.63) is 59.0 Å². The average molecular weight is 622 g/mol. The number of nitrogens with zero attached hydrogens (tertiary/aromatic N) is 5. The molecule has 16 heteroatoms.